The number of hydrogen-bond donors (Lipinski definition) is 1. The number of thioether (sulfide) groups is 1. The highest BCUT2D eigenvalue weighted by molar-refractivity contribution is 8.00. The number of oxazole rings is 1. The molecule has 2 aromatic heterocycles. The minimum Gasteiger partial charge on any atom is -0.440 e. The van der Waals surface area contributed by atoms with Crippen molar-refractivity contribution in [3.8, 4) is 11.3 Å². The molecule has 1 aliphatic rings. The van der Waals surface area contributed by atoms with Crippen molar-refractivity contribution in [3.05, 3.63) is 42.4 Å². The largest absolute Gasteiger partial charge is 0.440 e. The molecule has 0 amide bonds. The summed E-state index contributed by atoms with van der Waals surface area (Å²) < 4.78 is 12.3. The van der Waals surface area contributed by atoms with E-state index in [1.165, 1.54) is 0 Å². The molecule has 130 valence electrons. The third-order valence-electron chi connectivity index (χ3n) is 3.84. The smallest absolute Gasteiger partial charge is 0.206 e. The van der Waals surface area contributed by atoms with Gasteiger partial charge in [0, 0.05) is 18.7 Å². The van der Waals surface area contributed by atoms with E-state index < -0.39 is 0 Å². The zero-order valence-corrected chi connectivity index (χ0v) is 15.2. The average Bonchev–Trinajstić information content (AvgIpc) is 3.40. The third-order valence-corrected chi connectivity index (χ3v) is 5.84. The van der Waals surface area contributed by atoms with Crippen molar-refractivity contribution in [3.63, 3.8) is 0 Å². The summed E-state index contributed by atoms with van der Waals surface area (Å²) in [4.78, 5) is 4.34. The maximum Gasteiger partial charge on any atom is 0.206 e. The lowest BCUT2D eigenvalue weighted by Crippen LogP contribution is -2.18. The Morgan fingerprint density at radius 2 is 2.16 bits per heavy atom. The van der Waals surface area contributed by atoms with Crippen molar-refractivity contribution in [2.45, 2.75) is 29.0 Å². The molecule has 1 aliphatic heterocycles. The van der Waals surface area contributed by atoms with Gasteiger partial charge < -0.3 is 14.5 Å². The number of nitrogens with zero attached hydrogens (tertiary/aromatic N) is 3. The fraction of sp³-hybridized carbons (Fsp3) is 0.353. The number of benzene rings is 1. The summed E-state index contributed by atoms with van der Waals surface area (Å²) in [5.74, 6) is 2.10. The van der Waals surface area contributed by atoms with Gasteiger partial charge in [0.15, 0.2) is 10.1 Å². The molecule has 3 aromatic rings. The molecule has 1 fully saturated rings. The number of anilines is 1. The second kappa shape index (κ2) is 7.99. The lowest BCUT2D eigenvalue weighted by Gasteiger charge is -2.08. The fourth-order valence-electron chi connectivity index (χ4n) is 2.58. The minimum absolute atomic E-state index is 0.295. The van der Waals surface area contributed by atoms with E-state index in [9.17, 15) is 0 Å². The molecule has 0 saturated carbocycles. The van der Waals surface area contributed by atoms with Crippen LogP contribution in [0.2, 0.25) is 0 Å². The molecule has 1 saturated heterocycles. The number of aromatic nitrogens is 3. The summed E-state index contributed by atoms with van der Waals surface area (Å²) in [5.41, 5.74) is 1.03. The van der Waals surface area contributed by atoms with E-state index in [0.29, 0.717) is 17.7 Å². The molecule has 1 aromatic carbocycles. The first-order valence-electron chi connectivity index (χ1n) is 8.19. The molecule has 1 atom stereocenters. The van der Waals surface area contributed by atoms with Gasteiger partial charge in [-0.3, -0.25) is 0 Å². The van der Waals surface area contributed by atoms with E-state index in [4.69, 9.17) is 9.15 Å². The highest BCUT2D eigenvalue weighted by Crippen LogP contribution is 2.29. The number of ether oxygens (including phenoxy) is 1. The maximum atomic E-state index is 5.81. The van der Waals surface area contributed by atoms with Crippen molar-refractivity contribution in [2.24, 2.45) is 0 Å². The molecular weight excluding hydrogens is 356 g/mol. The van der Waals surface area contributed by atoms with E-state index in [-0.39, 0.29) is 0 Å². The summed E-state index contributed by atoms with van der Waals surface area (Å²) in [7, 11) is 0. The summed E-state index contributed by atoms with van der Waals surface area (Å²) in [6.45, 7) is 1.66. The first kappa shape index (κ1) is 16.6. The standard InChI is InChI=1S/C17H18N4O2S2/c1-2-5-12(6-3-1)14-10-18-15(23-14)11-24-17-21-20-16(25-17)19-9-13-7-4-8-22-13/h1-3,5-6,10,13H,4,7-9,11H2,(H,19,20)/t13-/m0/s1. The molecule has 0 aliphatic carbocycles. The average molecular weight is 374 g/mol. The van der Waals surface area contributed by atoms with Crippen molar-refractivity contribution < 1.29 is 9.15 Å². The molecule has 0 unspecified atom stereocenters. The Kier molecular flexibility index (Phi) is 5.29. The van der Waals surface area contributed by atoms with E-state index in [1.54, 1.807) is 29.3 Å². The van der Waals surface area contributed by atoms with Gasteiger partial charge in [-0.15, -0.1) is 10.2 Å². The summed E-state index contributed by atoms with van der Waals surface area (Å²) in [6.07, 6.45) is 4.31. The fourth-order valence-corrected chi connectivity index (χ4v) is 4.19. The van der Waals surface area contributed by atoms with E-state index in [0.717, 1.165) is 46.8 Å². The Morgan fingerprint density at radius 3 is 3.00 bits per heavy atom. The Balaban J connectivity index is 1.29. The zero-order chi connectivity index (χ0) is 16.9. The topological polar surface area (TPSA) is 73.1 Å². The molecule has 0 spiro atoms. The van der Waals surface area contributed by atoms with Crippen LogP contribution >= 0.6 is 23.1 Å². The maximum absolute atomic E-state index is 5.81. The van der Waals surface area contributed by atoms with E-state index in [2.05, 4.69) is 20.5 Å². The van der Waals surface area contributed by atoms with Crippen LogP contribution in [0.3, 0.4) is 0 Å². The lowest BCUT2D eigenvalue weighted by atomic mass is 10.2. The highest BCUT2D eigenvalue weighted by atomic mass is 32.2. The van der Waals surface area contributed by atoms with Gasteiger partial charge in [-0.25, -0.2) is 4.98 Å². The van der Waals surface area contributed by atoms with Crippen molar-refractivity contribution >= 4 is 28.2 Å². The summed E-state index contributed by atoms with van der Waals surface area (Å²) in [5, 5.41) is 12.5. The Labute approximate surface area is 154 Å². The molecule has 6 nitrogen and oxygen atoms in total. The monoisotopic (exact) mass is 374 g/mol. The summed E-state index contributed by atoms with van der Waals surface area (Å²) in [6, 6.07) is 9.97. The molecule has 0 bridgehead atoms. The molecule has 3 heterocycles. The van der Waals surface area contributed by atoms with Gasteiger partial charge in [0.1, 0.15) is 0 Å². The number of hydrogen-bond acceptors (Lipinski definition) is 8. The van der Waals surface area contributed by atoms with Gasteiger partial charge in [0.2, 0.25) is 11.0 Å². The van der Waals surface area contributed by atoms with Gasteiger partial charge in [0.25, 0.3) is 0 Å². The van der Waals surface area contributed by atoms with Crippen LogP contribution in [0.1, 0.15) is 18.7 Å². The van der Waals surface area contributed by atoms with Gasteiger partial charge in [-0.05, 0) is 12.8 Å². The van der Waals surface area contributed by atoms with Crippen LogP contribution < -0.4 is 5.32 Å². The third kappa shape index (κ3) is 4.39. The van der Waals surface area contributed by atoms with Crippen molar-refractivity contribution in [2.75, 3.05) is 18.5 Å². The Bertz CT molecular complexity index is 800. The normalized spacial score (nSPS) is 17.0. The minimum atomic E-state index is 0.295. The second-order valence-electron chi connectivity index (χ2n) is 5.66. The van der Waals surface area contributed by atoms with Crippen LogP contribution in [0, 0.1) is 0 Å². The van der Waals surface area contributed by atoms with Crippen LogP contribution in [0.25, 0.3) is 11.3 Å². The Morgan fingerprint density at radius 1 is 1.24 bits per heavy atom. The van der Waals surface area contributed by atoms with Crippen molar-refractivity contribution in [1.82, 2.24) is 15.2 Å². The molecule has 1 N–H and O–H groups in total. The van der Waals surface area contributed by atoms with Crippen LogP contribution in [0.5, 0.6) is 0 Å². The van der Waals surface area contributed by atoms with E-state index >= 15 is 0 Å². The quantitative estimate of drug-likeness (QED) is 0.625. The number of nitrogens with one attached hydrogen (secondary N) is 1. The second-order valence-corrected chi connectivity index (χ2v) is 7.86. The predicted octanol–water partition coefficient (Wildman–Crippen LogP) is 4.08. The molecule has 8 heteroatoms. The van der Waals surface area contributed by atoms with Gasteiger partial charge in [-0.2, -0.15) is 0 Å². The van der Waals surface area contributed by atoms with Crippen LogP contribution in [0.15, 0.2) is 45.3 Å². The zero-order valence-electron chi connectivity index (χ0n) is 13.6. The first-order chi connectivity index (χ1) is 12.4. The van der Waals surface area contributed by atoms with Crippen molar-refractivity contribution in [1.29, 1.82) is 0 Å². The number of rotatable bonds is 7. The lowest BCUT2D eigenvalue weighted by molar-refractivity contribution is 0.120. The predicted molar refractivity (Wildman–Crippen MR) is 98.9 cm³/mol. The molecule has 25 heavy (non-hydrogen) atoms. The van der Waals surface area contributed by atoms with Gasteiger partial charge in [-0.1, -0.05) is 53.4 Å². The molecular formula is C17H18N4O2S2. The molecule has 0 radical (unpaired) electrons. The SMILES string of the molecule is c1ccc(-c2cnc(CSc3nnc(NC[C@@H]4CCCO4)s3)o2)cc1. The Hall–Kier alpha value is -1.90. The highest BCUT2D eigenvalue weighted by Gasteiger charge is 2.16. The van der Waals surface area contributed by atoms with Gasteiger partial charge in [0.05, 0.1) is 18.1 Å². The van der Waals surface area contributed by atoms with E-state index in [1.807, 2.05) is 30.3 Å². The van der Waals surface area contributed by atoms with Crippen LogP contribution in [-0.2, 0) is 10.5 Å². The molecule has 4 rings (SSSR count). The van der Waals surface area contributed by atoms with Crippen LogP contribution in [-0.4, -0.2) is 34.4 Å². The van der Waals surface area contributed by atoms with Gasteiger partial charge >= 0.3 is 0 Å². The van der Waals surface area contributed by atoms with Crippen LogP contribution in [0.4, 0.5) is 5.13 Å². The summed E-state index contributed by atoms with van der Waals surface area (Å²) >= 11 is 3.12. The first-order valence-corrected chi connectivity index (χ1v) is 9.99.